The fraction of sp³-hybridized carbons (Fsp3) is 0.526. The van der Waals surface area contributed by atoms with Crippen molar-refractivity contribution in [3.63, 3.8) is 0 Å². The van der Waals surface area contributed by atoms with Gasteiger partial charge in [0, 0.05) is 12.0 Å². The SMILES string of the molecule is CCOC(=O)CCC(NNC(=O)c1ccccc1)(C(=O)OCC)C(C)C. The molecular weight excluding hydrogens is 336 g/mol. The highest BCUT2D eigenvalue weighted by Gasteiger charge is 2.43. The van der Waals surface area contributed by atoms with Crippen LogP contribution in [0.1, 0.15) is 50.9 Å². The normalized spacial score (nSPS) is 13.0. The molecule has 1 aromatic rings. The van der Waals surface area contributed by atoms with E-state index in [4.69, 9.17) is 9.47 Å². The summed E-state index contributed by atoms with van der Waals surface area (Å²) in [7, 11) is 0. The van der Waals surface area contributed by atoms with Crippen LogP contribution in [-0.2, 0) is 19.1 Å². The van der Waals surface area contributed by atoms with Crippen LogP contribution < -0.4 is 10.9 Å². The number of carbonyl (C=O) groups excluding carboxylic acids is 3. The maximum atomic E-state index is 12.6. The third kappa shape index (κ3) is 5.84. The number of nitrogens with one attached hydrogen (secondary N) is 2. The summed E-state index contributed by atoms with van der Waals surface area (Å²) in [5.74, 6) is -1.55. The van der Waals surface area contributed by atoms with Gasteiger partial charge in [0.1, 0.15) is 5.54 Å². The summed E-state index contributed by atoms with van der Waals surface area (Å²) in [6.45, 7) is 7.54. The Bertz CT molecular complexity index is 603. The molecule has 1 atom stereocenters. The van der Waals surface area contributed by atoms with E-state index in [0.717, 1.165) is 0 Å². The molecule has 0 saturated heterocycles. The van der Waals surface area contributed by atoms with Crippen LogP contribution in [-0.4, -0.2) is 36.6 Å². The minimum atomic E-state index is -1.24. The average molecular weight is 364 g/mol. The van der Waals surface area contributed by atoms with Gasteiger partial charge in [-0.25, -0.2) is 10.2 Å². The molecule has 2 N–H and O–H groups in total. The van der Waals surface area contributed by atoms with Crippen molar-refractivity contribution < 1.29 is 23.9 Å². The van der Waals surface area contributed by atoms with Crippen LogP contribution in [0, 0.1) is 5.92 Å². The van der Waals surface area contributed by atoms with Gasteiger partial charge in [-0.1, -0.05) is 32.0 Å². The zero-order valence-corrected chi connectivity index (χ0v) is 15.8. The van der Waals surface area contributed by atoms with E-state index in [0.29, 0.717) is 5.56 Å². The van der Waals surface area contributed by atoms with Crippen molar-refractivity contribution in [1.82, 2.24) is 10.9 Å². The van der Waals surface area contributed by atoms with Crippen molar-refractivity contribution in [2.24, 2.45) is 5.92 Å². The summed E-state index contributed by atoms with van der Waals surface area (Å²) in [6.07, 6.45) is 0.163. The van der Waals surface area contributed by atoms with Crippen molar-refractivity contribution in [2.75, 3.05) is 13.2 Å². The lowest BCUT2D eigenvalue weighted by atomic mass is 9.82. The lowest BCUT2D eigenvalue weighted by Crippen LogP contribution is -2.62. The smallest absolute Gasteiger partial charge is 0.328 e. The monoisotopic (exact) mass is 364 g/mol. The van der Waals surface area contributed by atoms with Gasteiger partial charge < -0.3 is 9.47 Å². The number of ether oxygens (including phenoxy) is 2. The third-order valence-electron chi connectivity index (χ3n) is 4.09. The Morgan fingerprint density at radius 3 is 2.19 bits per heavy atom. The molecule has 144 valence electrons. The molecular formula is C19H28N2O5. The molecule has 0 heterocycles. The van der Waals surface area contributed by atoms with E-state index < -0.39 is 17.5 Å². The standard InChI is InChI=1S/C19H28N2O5/c1-5-25-16(22)12-13-19(14(3)4,18(24)26-6-2)21-20-17(23)15-10-8-7-9-11-15/h7-11,14,21H,5-6,12-13H2,1-4H3,(H,20,23). The Morgan fingerprint density at radius 1 is 1.04 bits per heavy atom. The highest BCUT2D eigenvalue weighted by molar-refractivity contribution is 5.94. The summed E-state index contributed by atoms with van der Waals surface area (Å²) < 4.78 is 10.1. The molecule has 1 unspecified atom stereocenters. The Hall–Kier alpha value is -2.41. The van der Waals surface area contributed by atoms with Crippen LogP contribution in [0.15, 0.2) is 30.3 Å². The zero-order valence-electron chi connectivity index (χ0n) is 15.8. The van der Waals surface area contributed by atoms with Crippen molar-refractivity contribution >= 4 is 17.8 Å². The summed E-state index contributed by atoms with van der Waals surface area (Å²) >= 11 is 0. The second kappa shape index (κ2) is 10.6. The molecule has 0 aliphatic heterocycles. The van der Waals surface area contributed by atoms with Crippen molar-refractivity contribution in [2.45, 2.75) is 46.1 Å². The lowest BCUT2D eigenvalue weighted by Gasteiger charge is -2.35. The van der Waals surface area contributed by atoms with Crippen LogP contribution >= 0.6 is 0 Å². The van der Waals surface area contributed by atoms with E-state index in [1.165, 1.54) is 0 Å². The van der Waals surface area contributed by atoms with Gasteiger partial charge in [0.05, 0.1) is 13.2 Å². The first kappa shape index (κ1) is 21.6. The summed E-state index contributed by atoms with van der Waals surface area (Å²) in [4.78, 5) is 36.7. The van der Waals surface area contributed by atoms with E-state index in [2.05, 4.69) is 10.9 Å². The second-order valence-electron chi connectivity index (χ2n) is 6.10. The number of hydrogen-bond donors (Lipinski definition) is 2. The van der Waals surface area contributed by atoms with E-state index in [1.54, 1.807) is 44.2 Å². The van der Waals surface area contributed by atoms with E-state index in [-0.39, 0.29) is 37.9 Å². The van der Waals surface area contributed by atoms with Gasteiger partial charge in [0.25, 0.3) is 5.91 Å². The zero-order chi connectivity index (χ0) is 19.6. The largest absolute Gasteiger partial charge is 0.466 e. The van der Waals surface area contributed by atoms with Crippen LogP contribution in [0.4, 0.5) is 0 Å². The number of hydrazine groups is 1. The minimum Gasteiger partial charge on any atom is -0.466 e. The molecule has 1 amide bonds. The summed E-state index contributed by atoms with van der Waals surface area (Å²) in [6, 6.07) is 8.63. The Kier molecular flexibility index (Phi) is 8.78. The number of carbonyl (C=O) groups is 3. The maximum absolute atomic E-state index is 12.6. The highest BCUT2D eigenvalue weighted by atomic mass is 16.5. The average Bonchev–Trinajstić information content (AvgIpc) is 2.62. The first-order chi connectivity index (χ1) is 12.4. The first-order valence-corrected chi connectivity index (χ1v) is 8.82. The maximum Gasteiger partial charge on any atom is 0.328 e. The fourth-order valence-corrected chi connectivity index (χ4v) is 2.51. The quantitative estimate of drug-likeness (QED) is 0.488. The molecule has 1 rings (SSSR count). The van der Waals surface area contributed by atoms with Crippen LogP contribution in [0.5, 0.6) is 0 Å². The number of rotatable bonds is 10. The van der Waals surface area contributed by atoms with Crippen LogP contribution in [0.2, 0.25) is 0 Å². The van der Waals surface area contributed by atoms with Gasteiger partial charge >= 0.3 is 11.9 Å². The van der Waals surface area contributed by atoms with Gasteiger partial charge in [-0.15, -0.1) is 0 Å². The molecule has 7 heteroatoms. The van der Waals surface area contributed by atoms with E-state index >= 15 is 0 Å². The minimum absolute atomic E-state index is 0.0268. The predicted octanol–water partition coefficient (Wildman–Crippen LogP) is 2.22. The van der Waals surface area contributed by atoms with E-state index in [1.807, 2.05) is 13.8 Å². The van der Waals surface area contributed by atoms with Gasteiger partial charge in [-0.2, -0.15) is 0 Å². The molecule has 7 nitrogen and oxygen atoms in total. The van der Waals surface area contributed by atoms with Gasteiger partial charge in [0.2, 0.25) is 0 Å². The molecule has 1 aromatic carbocycles. The predicted molar refractivity (Wildman–Crippen MR) is 97.1 cm³/mol. The van der Waals surface area contributed by atoms with Crippen molar-refractivity contribution in [3.05, 3.63) is 35.9 Å². The molecule has 0 radical (unpaired) electrons. The topological polar surface area (TPSA) is 93.7 Å². The summed E-state index contributed by atoms with van der Waals surface area (Å²) in [5.41, 5.74) is 4.61. The molecule has 0 spiro atoms. The molecule has 26 heavy (non-hydrogen) atoms. The fourth-order valence-electron chi connectivity index (χ4n) is 2.51. The molecule has 0 aromatic heterocycles. The Balaban J connectivity index is 2.95. The first-order valence-electron chi connectivity index (χ1n) is 8.82. The van der Waals surface area contributed by atoms with Gasteiger partial charge in [-0.05, 0) is 38.3 Å². The van der Waals surface area contributed by atoms with Crippen molar-refractivity contribution in [3.8, 4) is 0 Å². The summed E-state index contributed by atoms with van der Waals surface area (Å²) in [5, 5.41) is 0. The lowest BCUT2D eigenvalue weighted by molar-refractivity contribution is -0.155. The van der Waals surface area contributed by atoms with Crippen LogP contribution in [0.3, 0.4) is 0 Å². The van der Waals surface area contributed by atoms with E-state index in [9.17, 15) is 14.4 Å². The highest BCUT2D eigenvalue weighted by Crippen LogP contribution is 2.25. The number of hydrogen-bond acceptors (Lipinski definition) is 6. The molecule has 0 fully saturated rings. The third-order valence-corrected chi connectivity index (χ3v) is 4.09. The number of benzene rings is 1. The number of esters is 2. The molecule has 0 saturated carbocycles. The Morgan fingerprint density at radius 2 is 1.65 bits per heavy atom. The van der Waals surface area contributed by atoms with Crippen molar-refractivity contribution in [1.29, 1.82) is 0 Å². The molecule has 0 aliphatic carbocycles. The van der Waals surface area contributed by atoms with Gasteiger partial charge in [-0.3, -0.25) is 15.0 Å². The Labute approximate surface area is 154 Å². The number of amides is 1. The van der Waals surface area contributed by atoms with Crippen LogP contribution in [0.25, 0.3) is 0 Å². The molecule has 0 bridgehead atoms. The molecule has 0 aliphatic rings. The second-order valence-corrected chi connectivity index (χ2v) is 6.10. The van der Waals surface area contributed by atoms with Gasteiger partial charge in [0.15, 0.2) is 0 Å².